The van der Waals surface area contributed by atoms with Gasteiger partial charge < -0.3 is 0 Å². The molecule has 0 aliphatic heterocycles. The Morgan fingerprint density at radius 1 is 0.941 bits per heavy atom. The maximum atomic E-state index is 4.28. The van der Waals surface area contributed by atoms with Gasteiger partial charge in [0.05, 0.1) is 11.4 Å². The van der Waals surface area contributed by atoms with Crippen molar-refractivity contribution in [2.45, 2.75) is 0 Å². The van der Waals surface area contributed by atoms with E-state index >= 15 is 0 Å². The second kappa shape index (κ2) is 4.17. The molecule has 4 heteroatoms. The van der Waals surface area contributed by atoms with Gasteiger partial charge in [0, 0.05) is 6.20 Å². The molecule has 17 heavy (non-hydrogen) atoms. The quantitative estimate of drug-likeness (QED) is 0.665. The van der Waals surface area contributed by atoms with Gasteiger partial charge in [-0.25, -0.2) is 4.68 Å². The molecule has 0 atom stereocenters. The molecule has 0 bridgehead atoms. The van der Waals surface area contributed by atoms with Gasteiger partial charge in [-0.3, -0.25) is 4.98 Å². The van der Waals surface area contributed by atoms with Crippen molar-refractivity contribution < 1.29 is 0 Å². The summed E-state index contributed by atoms with van der Waals surface area (Å²) in [5, 5.41) is 7.86. The molecule has 3 aromatic rings. The van der Waals surface area contributed by atoms with Crippen LogP contribution in [0.25, 0.3) is 17.1 Å². The molecule has 0 saturated carbocycles. The van der Waals surface area contributed by atoms with Crippen molar-refractivity contribution in [3.05, 3.63) is 60.9 Å². The van der Waals surface area contributed by atoms with Crippen LogP contribution >= 0.6 is 0 Å². The summed E-state index contributed by atoms with van der Waals surface area (Å²) in [6.45, 7) is 0. The average molecular weight is 221 g/mol. The van der Waals surface area contributed by atoms with Crippen LogP contribution in [0.15, 0.2) is 54.7 Å². The molecule has 0 spiro atoms. The molecule has 3 rings (SSSR count). The summed E-state index contributed by atoms with van der Waals surface area (Å²) >= 11 is 0. The largest absolute Gasteiger partial charge is 0.255 e. The summed E-state index contributed by atoms with van der Waals surface area (Å²) in [5.74, 6) is 0. The van der Waals surface area contributed by atoms with Crippen LogP contribution in [0.2, 0.25) is 0 Å². The topological polar surface area (TPSA) is 43.6 Å². The van der Waals surface area contributed by atoms with Crippen molar-refractivity contribution in [2.24, 2.45) is 0 Å². The predicted molar refractivity (Wildman–Crippen MR) is 63.4 cm³/mol. The Labute approximate surface area is 98.6 Å². The predicted octanol–water partition coefficient (Wildman–Crippen LogP) is 2.13. The molecule has 81 valence electrons. The number of hydrogen-bond acceptors (Lipinski definition) is 3. The van der Waals surface area contributed by atoms with Gasteiger partial charge in [-0.1, -0.05) is 29.5 Å². The number of rotatable bonds is 2. The fourth-order valence-corrected chi connectivity index (χ4v) is 1.63. The van der Waals surface area contributed by atoms with E-state index in [0.29, 0.717) is 0 Å². The van der Waals surface area contributed by atoms with Crippen LogP contribution in [-0.2, 0) is 0 Å². The average Bonchev–Trinajstić information content (AvgIpc) is 2.90. The van der Waals surface area contributed by atoms with Gasteiger partial charge in [-0.15, -0.1) is 5.10 Å². The van der Waals surface area contributed by atoms with Crippen LogP contribution in [0.4, 0.5) is 0 Å². The normalized spacial score (nSPS) is 10.4. The van der Waals surface area contributed by atoms with Crippen LogP contribution in [0.3, 0.4) is 0 Å². The van der Waals surface area contributed by atoms with Crippen LogP contribution < -0.4 is 0 Å². The van der Waals surface area contributed by atoms with E-state index in [1.807, 2.05) is 48.5 Å². The van der Waals surface area contributed by atoms with Crippen molar-refractivity contribution >= 4 is 0 Å². The molecular weight excluding hydrogens is 212 g/mol. The Balaban J connectivity index is 2.13. The summed E-state index contributed by atoms with van der Waals surface area (Å²) in [5.41, 5.74) is 2.51. The highest BCUT2D eigenvalue weighted by atomic mass is 15.4. The fraction of sp³-hybridized carbons (Fsp3) is 0. The van der Waals surface area contributed by atoms with E-state index in [1.54, 1.807) is 10.9 Å². The monoisotopic (exact) mass is 221 g/mol. The first kappa shape index (κ1) is 9.72. The smallest absolute Gasteiger partial charge is 0.145 e. The highest BCUT2D eigenvalue weighted by Gasteiger charge is 2.09. The second-order valence-electron chi connectivity index (χ2n) is 3.51. The third-order valence-corrected chi connectivity index (χ3v) is 2.41. The maximum absolute atomic E-state index is 4.28. The lowest BCUT2D eigenvalue weighted by Gasteiger charge is -2.04. The van der Waals surface area contributed by atoms with Gasteiger partial charge in [0.15, 0.2) is 0 Å². The van der Waals surface area contributed by atoms with E-state index in [1.165, 1.54) is 0 Å². The van der Waals surface area contributed by atoms with E-state index in [9.17, 15) is 0 Å². The number of benzene rings is 1. The van der Waals surface area contributed by atoms with E-state index < -0.39 is 0 Å². The second-order valence-corrected chi connectivity index (χ2v) is 3.51. The number of pyridine rings is 1. The first-order valence-corrected chi connectivity index (χ1v) is 5.25. The first-order chi connectivity index (χ1) is 8.45. The van der Waals surface area contributed by atoms with E-state index in [2.05, 4.69) is 21.5 Å². The zero-order valence-electron chi connectivity index (χ0n) is 8.99. The SMILES string of the molecule is [c]1nnn(-c2ccccc2)c1-c1ccccn1. The lowest BCUT2D eigenvalue weighted by atomic mass is 10.2. The molecular formula is C13H9N4. The molecule has 1 aromatic carbocycles. The van der Waals surface area contributed by atoms with Gasteiger partial charge in [0.25, 0.3) is 0 Å². The lowest BCUT2D eigenvalue weighted by Crippen LogP contribution is -1.99. The number of hydrogen-bond donors (Lipinski definition) is 0. The lowest BCUT2D eigenvalue weighted by molar-refractivity contribution is 0.806. The third-order valence-electron chi connectivity index (χ3n) is 2.41. The summed E-state index contributed by atoms with van der Waals surface area (Å²) in [6, 6.07) is 15.5. The van der Waals surface area contributed by atoms with Gasteiger partial charge >= 0.3 is 0 Å². The van der Waals surface area contributed by atoms with Gasteiger partial charge in [-0.2, -0.15) is 0 Å². The first-order valence-electron chi connectivity index (χ1n) is 5.25. The highest BCUT2D eigenvalue weighted by molar-refractivity contribution is 5.55. The zero-order valence-corrected chi connectivity index (χ0v) is 8.99. The molecule has 1 radical (unpaired) electrons. The molecule has 4 nitrogen and oxygen atoms in total. The van der Waals surface area contributed by atoms with E-state index in [-0.39, 0.29) is 0 Å². The van der Waals surface area contributed by atoms with Crippen LogP contribution in [0.1, 0.15) is 0 Å². The summed E-state index contributed by atoms with van der Waals surface area (Å²) in [4.78, 5) is 4.28. The Morgan fingerprint density at radius 3 is 2.53 bits per heavy atom. The van der Waals surface area contributed by atoms with Crippen molar-refractivity contribution in [1.29, 1.82) is 0 Å². The molecule has 0 amide bonds. The van der Waals surface area contributed by atoms with Gasteiger partial charge in [0.1, 0.15) is 11.9 Å². The van der Waals surface area contributed by atoms with Gasteiger partial charge in [0.2, 0.25) is 0 Å². The number of nitrogens with zero attached hydrogens (tertiary/aromatic N) is 4. The summed E-state index contributed by atoms with van der Waals surface area (Å²) < 4.78 is 1.72. The molecule has 2 heterocycles. The molecule has 0 aliphatic rings. The standard InChI is InChI=1S/C13H9N4/c1-2-6-11(7-3-1)17-13(10-15-16-17)12-8-4-5-9-14-12/h1-9H. The fourth-order valence-electron chi connectivity index (χ4n) is 1.63. The molecule has 0 N–H and O–H groups in total. The van der Waals surface area contributed by atoms with Crippen molar-refractivity contribution in [2.75, 3.05) is 0 Å². The number of aromatic nitrogens is 4. The minimum Gasteiger partial charge on any atom is -0.255 e. The molecule has 2 aromatic heterocycles. The van der Waals surface area contributed by atoms with Crippen molar-refractivity contribution in [3.63, 3.8) is 0 Å². The highest BCUT2D eigenvalue weighted by Crippen LogP contribution is 2.17. The van der Waals surface area contributed by atoms with Crippen molar-refractivity contribution in [1.82, 2.24) is 20.0 Å². The van der Waals surface area contributed by atoms with Gasteiger partial charge in [-0.05, 0) is 24.3 Å². The Kier molecular flexibility index (Phi) is 2.38. The van der Waals surface area contributed by atoms with E-state index in [0.717, 1.165) is 17.1 Å². The Bertz CT molecular complexity index is 548. The number of para-hydroxylation sites is 1. The molecule has 0 saturated heterocycles. The summed E-state index contributed by atoms with van der Waals surface area (Å²) in [7, 11) is 0. The minimum absolute atomic E-state index is 0.761. The minimum atomic E-state index is 0.761. The Morgan fingerprint density at radius 2 is 1.76 bits per heavy atom. The van der Waals surface area contributed by atoms with Crippen molar-refractivity contribution in [3.8, 4) is 17.1 Å². The van der Waals surface area contributed by atoms with E-state index in [4.69, 9.17) is 0 Å². The van der Waals surface area contributed by atoms with Crippen LogP contribution in [-0.4, -0.2) is 20.0 Å². The molecule has 0 aliphatic carbocycles. The molecule has 0 fully saturated rings. The molecule has 0 unspecified atom stereocenters. The Hall–Kier alpha value is -2.49. The van der Waals surface area contributed by atoms with Crippen LogP contribution in [0, 0.1) is 6.20 Å². The summed E-state index contributed by atoms with van der Waals surface area (Å²) in [6.07, 6.45) is 4.60. The zero-order chi connectivity index (χ0) is 11.5. The maximum Gasteiger partial charge on any atom is 0.145 e. The van der Waals surface area contributed by atoms with Crippen LogP contribution in [0.5, 0.6) is 0 Å². The third kappa shape index (κ3) is 1.80.